The van der Waals surface area contributed by atoms with Crippen LogP contribution in [-0.2, 0) is 6.54 Å². The van der Waals surface area contributed by atoms with E-state index in [2.05, 4.69) is 5.32 Å². The molecule has 0 spiro atoms. The highest BCUT2D eigenvalue weighted by Gasteiger charge is 2.08. The summed E-state index contributed by atoms with van der Waals surface area (Å²) in [4.78, 5) is 10.3. The summed E-state index contributed by atoms with van der Waals surface area (Å²) >= 11 is 0. The molecule has 0 aromatic heterocycles. The topological polar surface area (TPSA) is 75.4 Å². The number of nitro benzene ring substituents is 1. The fraction of sp³-hybridized carbons (Fsp3) is 0.200. The maximum absolute atomic E-state index is 10.7. The van der Waals surface area contributed by atoms with E-state index in [1.807, 2.05) is 36.4 Å². The summed E-state index contributed by atoms with van der Waals surface area (Å²) in [5.41, 5.74) is 1.74. The molecule has 2 N–H and O–H groups in total. The van der Waals surface area contributed by atoms with Gasteiger partial charge in [0.1, 0.15) is 0 Å². The smallest absolute Gasteiger partial charge is 0.269 e. The highest BCUT2D eigenvalue weighted by atomic mass is 16.6. The molecule has 2 aromatic carbocycles. The molecule has 0 saturated heterocycles. The lowest BCUT2D eigenvalue weighted by Gasteiger charge is -2.12. The van der Waals surface area contributed by atoms with Crippen molar-refractivity contribution in [3.8, 4) is 0 Å². The van der Waals surface area contributed by atoms with Gasteiger partial charge < -0.3 is 10.4 Å². The number of aliphatic hydroxyl groups excluding tert-OH is 1. The van der Waals surface area contributed by atoms with Crippen molar-refractivity contribution in [1.82, 2.24) is 5.32 Å². The van der Waals surface area contributed by atoms with E-state index in [0.29, 0.717) is 13.1 Å². The Hall–Kier alpha value is -2.24. The van der Waals surface area contributed by atoms with Crippen LogP contribution in [0, 0.1) is 10.1 Å². The Balaban J connectivity index is 1.87. The summed E-state index contributed by atoms with van der Waals surface area (Å²) in [6.45, 7) is 0.873. The lowest BCUT2D eigenvalue weighted by Crippen LogP contribution is -2.21. The molecule has 0 amide bonds. The van der Waals surface area contributed by atoms with Gasteiger partial charge in [-0.1, -0.05) is 42.5 Å². The zero-order chi connectivity index (χ0) is 14.4. The number of non-ortho nitro benzene ring substituents is 1. The van der Waals surface area contributed by atoms with Crippen molar-refractivity contribution >= 4 is 5.69 Å². The number of hydrogen-bond acceptors (Lipinski definition) is 4. The fourth-order valence-corrected chi connectivity index (χ4v) is 1.93. The molecule has 0 aliphatic rings. The molecular formula is C15H16N2O3. The van der Waals surface area contributed by atoms with Crippen LogP contribution in [0.1, 0.15) is 17.2 Å². The van der Waals surface area contributed by atoms with E-state index in [9.17, 15) is 15.2 Å². The van der Waals surface area contributed by atoms with Crippen LogP contribution in [0.4, 0.5) is 5.69 Å². The highest BCUT2D eigenvalue weighted by molar-refractivity contribution is 5.34. The van der Waals surface area contributed by atoms with Crippen LogP contribution in [0.5, 0.6) is 0 Å². The normalized spacial score (nSPS) is 12.1. The van der Waals surface area contributed by atoms with Gasteiger partial charge in [0.25, 0.3) is 5.69 Å². The van der Waals surface area contributed by atoms with Crippen LogP contribution in [0.25, 0.3) is 0 Å². The van der Waals surface area contributed by atoms with Crippen LogP contribution in [0.15, 0.2) is 54.6 Å². The summed E-state index contributed by atoms with van der Waals surface area (Å²) in [5, 5.41) is 23.7. The number of aliphatic hydroxyl groups is 1. The molecule has 0 unspecified atom stereocenters. The number of hydrogen-bond donors (Lipinski definition) is 2. The van der Waals surface area contributed by atoms with Gasteiger partial charge in [-0.3, -0.25) is 10.1 Å². The number of nitro groups is 1. The minimum Gasteiger partial charge on any atom is -0.387 e. The fourth-order valence-electron chi connectivity index (χ4n) is 1.93. The molecule has 0 saturated carbocycles. The van der Waals surface area contributed by atoms with Crippen LogP contribution >= 0.6 is 0 Å². The summed E-state index contributed by atoms with van der Waals surface area (Å²) < 4.78 is 0. The standard InChI is InChI=1S/C15H16N2O3/c18-15(13-6-2-1-3-7-13)11-16-10-12-5-4-8-14(9-12)17(19)20/h1-9,15-16,18H,10-11H2/t15-/m0/s1. The van der Waals surface area contributed by atoms with Crippen LogP contribution in [0.3, 0.4) is 0 Å². The number of benzene rings is 2. The van der Waals surface area contributed by atoms with E-state index in [-0.39, 0.29) is 5.69 Å². The first-order valence-corrected chi connectivity index (χ1v) is 6.34. The van der Waals surface area contributed by atoms with Crippen LogP contribution < -0.4 is 5.32 Å². The van der Waals surface area contributed by atoms with Crippen molar-refractivity contribution < 1.29 is 10.0 Å². The van der Waals surface area contributed by atoms with E-state index < -0.39 is 11.0 Å². The molecule has 5 nitrogen and oxygen atoms in total. The average molecular weight is 272 g/mol. The van der Waals surface area contributed by atoms with Crippen LogP contribution in [-0.4, -0.2) is 16.6 Å². The van der Waals surface area contributed by atoms with Crippen LogP contribution in [0.2, 0.25) is 0 Å². The molecule has 20 heavy (non-hydrogen) atoms. The largest absolute Gasteiger partial charge is 0.387 e. The summed E-state index contributed by atoms with van der Waals surface area (Å²) in [5.74, 6) is 0. The Labute approximate surface area is 117 Å². The van der Waals surface area contributed by atoms with E-state index in [1.54, 1.807) is 6.07 Å². The van der Waals surface area contributed by atoms with Crippen molar-refractivity contribution in [1.29, 1.82) is 0 Å². The third-order valence-corrected chi connectivity index (χ3v) is 2.97. The van der Waals surface area contributed by atoms with Gasteiger partial charge in [0.2, 0.25) is 0 Å². The minimum absolute atomic E-state index is 0.0768. The molecule has 2 rings (SSSR count). The summed E-state index contributed by atoms with van der Waals surface area (Å²) in [7, 11) is 0. The maximum Gasteiger partial charge on any atom is 0.269 e. The maximum atomic E-state index is 10.7. The molecule has 5 heteroatoms. The summed E-state index contributed by atoms with van der Waals surface area (Å²) in [6.07, 6.45) is -0.588. The van der Waals surface area contributed by atoms with Crippen molar-refractivity contribution in [2.45, 2.75) is 12.6 Å². The van der Waals surface area contributed by atoms with Gasteiger partial charge >= 0.3 is 0 Å². The SMILES string of the molecule is O=[N+]([O-])c1cccc(CNC[C@H](O)c2ccccc2)c1. The lowest BCUT2D eigenvalue weighted by atomic mass is 10.1. The molecule has 0 aliphatic carbocycles. The Morgan fingerprint density at radius 3 is 2.60 bits per heavy atom. The molecule has 0 heterocycles. The van der Waals surface area contributed by atoms with Gasteiger partial charge in [-0.05, 0) is 11.1 Å². The van der Waals surface area contributed by atoms with E-state index in [0.717, 1.165) is 11.1 Å². The molecule has 0 aliphatic heterocycles. The third kappa shape index (κ3) is 3.88. The molecular weight excluding hydrogens is 256 g/mol. The zero-order valence-electron chi connectivity index (χ0n) is 10.9. The number of nitrogens with zero attached hydrogens (tertiary/aromatic N) is 1. The second kappa shape index (κ2) is 6.79. The second-order valence-corrected chi connectivity index (χ2v) is 4.48. The monoisotopic (exact) mass is 272 g/mol. The molecule has 104 valence electrons. The highest BCUT2D eigenvalue weighted by Crippen LogP contribution is 2.14. The Morgan fingerprint density at radius 2 is 1.90 bits per heavy atom. The van der Waals surface area contributed by atoms with Gasteiger partial charge in [-0.2, -0.15) is 0 Å². The third-order valence-electron chi connectivity index (χ3n) is 2.97. The summed E-state index contributed by atoms with van der Waals surface area (Å²) in [6, 6.07) is 15.8. The Kier molecular flexibility index (Phi) is 4.81. The van der Waals surface area contributed by atoms with Gasteiger partial charge in [0.05, 0.1) is 11.0 Å². The van der Waals surface area contributed by atoms with Crippen molar-refractivity contribution in [3.05, 3.63) is 75.8 Å². The molecule has 2 aromatic rings. The van der Waals surface area contributed by atoms with E-state index >= 15 is 0 Å². The molecule has 0 fully saturated rings. The minimum atomic E-state index is -0.588. The van der Waals surface area contributed by atoms with Gasteiger partial charge in [-0.15, -0.1) is 0 Å². The predicted octanol–water partition coefficient (Wildman–Crippen LogP) is 2.42. The first kappa shape index (κ1) is 14.2. The van der Waals surface area contributed by atoms with Gasteiger partial charge in [0.15, 0.2) is 0 Å². The lowest BCUT2D eigenvalue weighted by molar-refractivity contribution is -0.384. The zero-order valence-corrected chi connectivity index (χ0v) is 10.9. The Bertz CT molecular complexity index is 572. The first-order valence-electron chi connectivity index (χ1n) is 6.34. The molecule has 0 bridgehead atoms. The molecule has 0 radical (unpaired) electrons. The predicted molar refractivity (Wildman–Crippen MR) is 76.2 cm³/mol. The number of nitrogens with one attached hydrogen (secondary N) is 1. The average Bonchev–Trinajstić information content (AvgIpc) is 2.48. The van der Waals surface area contributed by atoms with Crippen molar-refractivity contribution in [2.24, 2.45) is 0 Å². The van der Waals surface area contributed by atoms with Crippen molar-refractivity contribution in [2.75, 3.05) is 6.54 Å². The second-order valence-electron chi connectivity index (χ2n) is 4.48. The van der Waals surface area contributed by atoms with E-state index in [1.165, 1.54) is 12.1 Å². The van der Waals surface area contributed by atoms with E-state index in [4.69, 9.17) is 0 Å². The van der Waals surface area contributed by atoms with Gasteiger partial charge in [-0.25, -0.2) is 0 Å². The number of rotatable bonds is 6. The Morgan fingerprint density at radius 1 is 1.15 bits per heavy atom. The first-order chi connectivity index (χ1) is 9.66. The van der Waals surface area contributed by atoms with Crippen molar-refractivity contribution in [3.63, 3.8) is 0 Å². The molecule has 1 atom stereocenters. The van der Waals surface area contributed by atoms with Gasteiger partial charge in [0, 0.05) is 25.2 Å². The quantitative estimate of drug-likeness (QED) is 0.625.